The molecule has 1 aliphatic rings. The zero-order chi connectivity index (χ0) is 23.2. The number of hydrogen-bond donors (Lipinski definition) is 2. The number of carbonyl (C=O) groups is 1. The Morgan fingerprint density at radius 1 is 1.00 bits per heavy atom. The van der Waals surface area contributed by atoms with Gasteiger partial charge in [0, 0.05) is 5.69 Å². The maximum atomic E-state index is 13.4. The maximum Gasteiger partial charge on any atom is 0.261 e. The Labute approximate surface area is 194 Å². The van der Waals surface area contributed by atoms with Crippen molar-refractivity contribution in [1.82, 2.24) is 14.5 Å². The first-order valence-electron chi connectivity index (χ1n) is 10.9. The lowest BCUT2D eigenvalue weighted by atomic mass is 10.2. The number of benzene rings is 3. The van der Waals surface area contributed by atoms with Crippen LogP contribution in [0.5, 0.6) is 11.5 Å². The van der Waals surface area contributed by atoms with E-state index in [1.807, 2.05) is 78.2 Å². The van der Waals surface area contributed by atoms with Gasteiger partial charge in [-0.25, -0.2) is 9.97 Å². The van der Waals surface area contributed by atoms with Crippen molar-refractivity contribution < 1.29 is 14.3 Å². The number of fused-ring (bicyclic) bond motifs is 3. The zero-order valence-electron chi connectivity index (χ0n) is 18.4. The molecule has 0 saturated heterocycles. The Balaban J connectivity index is 1.49. The topological polar surface area (TPSA) is 104 Å². The molecule has 3 aromatic carbocycles. The molecule has 0 saturated carbocycles. The van der Waals surface area contributed by atoms with E-state index in [1.54, 1.807) is 0 Å². The summed E-state index contributed by atoms with van der Waals surface area (Å²) in [5.41, 5.74) is 12.0. The Morgan fingerprint density at radius 2 is 1.79 bits per heavy atom. The molecule has 0 unspecified atom stereocenters. The SMILES string of the molecule is Cc1cccc(NC(=O)c2c(N)n(Cc3ccc4c(c3)OCO4)c3nc4ccccc4nc23)c1. The lowest BCUT2D eigenvalue weighted by Gasteiger charge is -2.09. The molecule has 1 aliphatic heterocycles. The van der Waals surface area contributed by atoms with Crippen molar-refractivity contribution >= 4 is 39.6 Å². The Hall–Kier alpha value is -4.59. The number of nitrogens with zero attached hydrogens (tertiary/aromatic N) is 3. The lowest BCUT2D eigenvalue weighted by Crippen LogP contribution is -2.15. The van der Waals surface area contributed by atoms with Crippen LogP contribution in [0.3, 0.4) is 0 Å². The van der Waals surface area contributed by atoms with Crippen LogP contribution >= 0.6 is 0 Å². The molecule has 2 aromatic heterocycles. The highest BCUT2D eigenvalue weighted by Gasteiger charge is 2.25. The van der Waals surface area contributed by atoms with E-state index in [0.29, 0.717) is 51.8 Å². The minimum atomic E-state index is -0.331. The van der Waals surface area contributed by atoms with E-state index < -0.39 is 0 Å². The normalized spacial score (nSPS) is 12.4. The zero-order valence-corrected chi connectivity index (χ0v) is 18.4. The molecule has 0 spiro atoms. The van der Waals surface area contributed by atoms with E-state index in [0.717, 1.165) is 16.6 Å². The minimum absolute atomic E-state index is 0.203. The van der Waals surface area contributed by atoms with Gasteiger partial charge in [-0.05, 0) is 54.4 Å². The number of hydrogen-bond acceptors (Lipinski definition) is 6. The summed E-state index contributed by atoms with van der Waals surface area (Å²) in [7, 11) is 0. The third-order valence-electron chi connectivity index (χ3n) is 5.87. The molecule has 34 heavy (non-hydrogen) atoms. The van der Waals surface area contributed by atoms with Gasteiger partial charge in [0.2, 0.25) is 6.79 Å². The molecule has 3 heterocycles. The Bertz CT molecular complexity index is 1590. The van der Waals surface area contributed by atoms with Crippen molar-refractivity contribution in [3.05, 3.63) is 83.4 Å². The van der Waals surface area contributed by atoms with E-state index in [9.17, 15) is 4.79 Å². The highest BCUT2D eigenvalue weighted by atomic mass is 16.7. The third kappa shape index (κ3) is 3.36. The quantitative estimate of drug-likeness (QED) is 0.417. The average Bonchev–Trinajstić information content (AvgIpc) is 3.40. The van der Waals surface area contributed by atoms with Gasteiger partial charge in [-0.15, -0.1) is 0 Å². The number of amides is 1. The van der Waals surface area contributed by atoms with E-state index in [4.69, 9.17) is 25.2 Å². The predicted octanol–water partition coefficient (Wildman–Crippen LogP) is 4.50. The molecule has 8 heteroatoms. The predicted molar refractivity (Wildman–Crippen MR) is 130 cm³/mol. The Morgan fingerprint density at radius 3 is 2.62 bits per heavy atom. The van der Waals surface area contributed by atoms with Gasteiger partial charge in [0.15, 0.2) is 17.1 Å². The molecule has 0 bridgehead atoms. The first-order chi connectivity index (χ1) is 16.6. The smallest absolute Gasteiger partial charge is 0.261 e. The number of carbonyl (C=O) groups excluding carboxylic acids is 1. The van der Waals surface area contributed by atoms with Crippen molar-refractivity contribution in [1.29, 1.82) is 0 Å². The molecule has 6 rings (SSSR count). The highest BCUT2D eigenvalue weighted by Crippen LogP contribution is 2.34. The molecule has 5 aromatic rings. The summed E-state index contributed by atoms with van der Waals surface area (Å²) < 4.78 is 12.8. The van der Waals surface area contributed by atoms with Crippen LogP contribution < -0.4 is 20.5 Å². The van der Waals surface area contributed by atoms with E-state index in [-0.39, 0.29) is 12.7 Å². The number of rotatable bonds is 4. The van der Waals surface area contributed by atoms with Gasteiger partial charge in [0.1, 0.15) is 16.9 Å². The summed E-state index contributed by atoms with van der Waals surface area (Å²) >= 11 is 0. The monoisotopic (exact) mass is 451 g/mol. The van der Waals surface area contributed by atoms with Crippen molar-refractivity contribution in [2.24, 2.45) is 0 Å². The summed E-state index contributed by atoms with van der Waals surface area (Å²) in [4.78, 5) is 23.0. The standard InChI is InChI=1S/C26H21N5O3/c1-15-5-4-6-17(11-15)28-26(32)22-23-25(30-19-8-3-2-7-18(19)29-23)31(24(22)27)13-16-9-10-20-21(12-16)34-14-33-20/h2-12H,13-14,27H2,1H3,(H,28,32). The number of aromatic nitrogens is 3. The van der Waals surface area contributed by atoms with Gasteiger partial charge >= 0.3 is 0 Å². The second-order valence-corrected chi connectivity index (χ2v) is 8.24. The number of nitrogen functional groups attached to an aromatic ring is 1. The van der Waals surface area contributed by atoms with Gasteiger partial charge in [0.05, 0.1) is 17.6 Å². The lowest BCUT2D eigenvalue weighted by molar-refractivity contribution is 0.102. The summed E-state index contributed by atoms with van der Waals surface area (Å²) in [6, 6.07) is 20.9. The fourth-order valence-electron chi connectivity index (χ4n) is 4.24. The number of aryl methyl sites for hydroxylation is 1. The minimum Gasteiger partial charge on any atom is -0.454 e. The second kappa shape index (κ2) is 7.77. The van der Waals surface area contributed by atoms with Gasteiger partial charge in [-0.3, -0.25) is 4.79 Å². The first kappa shape index (κ1) is 20.0. The van der Waals surface area contributed by atoms with Crippen LogP contribution in [0, 0.1) is 6.92 Å². The van der Waals surface area contributed by atoms with Crippen LogP contribution in [-0.4, -0.2) is 27.2 Å². The van der Waals surface area contributed by atoms with Gasteiger partial charge in [-0.2, -0.15) is 0 Å². The molecule has 1 amide bonds. The van der Waals surface area contributed by atoms with Crippen LogP contribution in [0.25, 0.3) is 22.2 Å². The number of nitrogens with one attached hydrogen (secondary N) is 1. The molecule has 0 aliphatic carbocycles. The second-order valence-electron chi connectivity index (χ2n) is 8.24. The summed E-state index contributed by atoms with van der Waals surface area (Å²) in [6.07, 6.45) is 0. The van der Waals surface area contributed by atoms with Gasteiger partial charge in [0.25, 0.3) is 5.91 Å². The number of para-hydroxylation sites is 2. The van der Waals surface area contributed by atoms with Crippen LogP contribution in [-0.2, 0) is 6.54 Å². The number of nitrogens with two attached hydrogens (primary N) is 1. The number of ether oxygens (including phenoxy) is 2. The average molecular weight is 451 g/mol. The summed E-state index contributed by atoms with van der Waals surface area (Å²) in [6.45, 7) is 2.57. The van der Waals surface area contributed by atoms with Crippen LogP contribution in [0.2, 0.25) is 0 Å². The van der Waals surface area contributed by atoms with Gasteiger partial charge < -0.3 is 25.1 Å². The van der Waals surface area contributed by atoms with Crippen molar-refractivity contribution in [2.45, 2.75) is 13.5 Å². The molecule has 3 N–H and O–H groups in total. The molecular formula is C26H21N5O3. The van der Waals surface area contributed by atoms with Crippen LogP contribution in [0.15, 0.2) is 66.7 Å². The Kier molecular flexibility index (Phi) is 4.58. The van der Waals surface area contributed by atoms with Gasteiger partial charge in [-0.1, -0.05) is 30.3 Å². The molecule has 168 valence electrons. The summed E-state index contributed by atoms with van der Waals surface area (Å²) in [5, 5.41) is 2.95. The van der Waals surface area contributed by atoms with E-state index in [1.165, 1.54) is 0 Å². The van der Waals surface area contributed by atoms with Crippen LogP contribution in [0.1, 0.15) is 21.5 Å². The summed E-state index contributed by atoms with van der Waals surface area (Å²) in [5.74, 6) is 1.36. The van der Waals surface area contributed by atoms with Crippen molar-refractivity contribution in [3.8, 4) is 11.5 Å². The number of anilines is 2. The van der Waals surface area contributed by atoms with Crippen LogP contribution in [0.4, 0.5) is 11.5 Å². The molecular weight excluding hydrogens is 430 g/mol. The fraction of sp³-hybridized carbons (Fsp3) is 0.115. The molecule has 0 atom stereocenters. The van der Waals surface area contributed by atoms with Crippen molar-refractivity contribution in [3.63, 3.8) is 0 Å². The van der Waals surface area contributed by atoms with E-state index in [2.05, 4.69) is 5.32 Å². The largest absolute Gasteiger partial charge is 0.454 e. The molecule has 8 nitrogen and oxygen atoms in total. The fourth-order valence-corrected chi connectivity index (χ4v) is 4.24. The maximum absolute atomic E-state index is 13.4. The van der Waals surface area contributed by atoms with E-state index >= 15 is 0 Å². The third-order valence-corrected chi connectivity index (χ3v) is 5.87. The molecule has 0 radical (unpaired) electrons. The first-order valence-corrected chi connectivity index (χ1v) is 10.9. The molecule has 0 fully saturated rings. The van der Waals surface area contributed by atoms with Crippen molar-refractivity contribution in [2.75, 3.05) is 17.8 Å². The highest BCUT2D eigenvalue weighted by molar-refractivity contribution is 6.16.